The summed E-state index contributed by atoms with van der Waals surface area (Å²) in [6.07, 6.45) is 19.4. The zero-order valence-corrected chi connectivity index (χ0v) is 23.6. The summed E-state index contributed by atoms with van der Waals surface area (Å²) in [4.78, 5) is 14.7. The molecule has 0 spiro atoms. The van der Waals surface area contributed by atoms with Crippen LogP contribution in [0.4, 0.5) is 0 Å². The van der Waals surface area contributed by atoms with Crippen LogP contribution in [0, 0.1) is 0 Å². The molecule has 0 fully saturated rings. The highest BCUT2D eigenvalue weighted by Crippen LogP contribution is 2.40. The van der Waals surface area contributed by atoms with E-state index in [2.05, 4.69) is 62.4 Å². The van der Waals surface area contributed by atoms with E-state index in [-0.39, 0.29) is 0 Å². The molecule has 36 heavy (non-hydrogen) atoms. The second kappa shape index (κ2) is 14.4. The molecule has 0 saturated carbocycles. The van der Waals surface area contributed by atoms with Crippen molar-refractivity contribution in [2.75, 3.05) is 0 Å². The number of unbranched alkanes of at least 4 members (excludes halogenated alkanes) is 8. The molecule has 0 aliphatic heterocycles. The normalized spacial score (nSPS) is 11.3. The Kier molecular flexibility index (Phi) is 10.7. The minimum absolute atomic E-state index is 1.09. The number of rotatable bonds is 15. The molecule has 0 N–H and O–H groups in total. The fourth-order valence-electron chi connectivity index (χ4n) is 4.51. The summed E-state index contributed by atoms with van der Waals surface area (Å²) in [7, 11) is 0. The van der Waals surface area contributed by atoms with Gasteiger partial charge in [-0.3, -0.25) is 9.97 Å². The van der Waals surface area contributed by atoms with Crippen LogP contribution in [0.2, 0.25) is 0 Å². The largest absolute Gasteiger partial charge is 0.261 e. The zero-order chi connectivity index (χ0) is 25.0. The lowest BCUT2D eigenvalue weighted by Crippen LogP contribution is -1.90. The van der Waals surface area contributed by atoms with E-state index in [1.165, 1.54) is 106 Å². The SMILES string of the molecule is CCCCCCCc1ccc(-c2ccc(-c3ccc(-c4ccc(CCCCCCC)nc4)s3)s2)cn1. The molecule has 0 amide bonds. The van der Waals surface area contributed by atoms with Crippen molar-refractivity contribution >= 4 is 22.7 Å². The summed E-state index contributed by atoms with van der Waals surface area (Å²) in [6.45, 7) is 4.53. The first-order valence-corrected chi connectivity index (χ1v) is 15.5. The minimum atomic E-state index is 1.09. The van der Waals surface area contributed by atoms with Crippen LogP contribution in [0.25, 0.3) is 30.6 Å². The average molecular weight is 517 g/mol. The van der Waals surface area contributed by atoms with Crippen LogP contribution in [-0.2, 0) is 12.8 Å². The van der Waals surface area contributed by atoms with Crippen LogP contribution >= 0.6 is 22.7 Å². The highest BCUT2D eigenvalue weighted by molar-refractivity contribution is 7.25. The highest BCUT2D eigenvalue weighted by atomic mass is 32.1. The Bertz CT molecular complexity index is 1060. The first-order chi connectivity index (χ1) is 17.8. The number of nitrogens with zero attached hydrogens (tertiary/aromatic N) is 2. The fourth-order valence-corrected chi connectivity index (χ4v) is 6.59. The van der Waals surface area contributed by atoms with Crippen molar-refractivity contribution in [1.29, 1.82) is 0 Å². The van der Waals surface area contributed by atoms with Gasteiger partial charge in [0.15, 0.2) is 0 Å². The molecule has 0 aliphatic rings. The summed E-state index contributed by atoms with van der Waals surface area (Å²) < 4.78 is 0. The highest BCUT2D eigenvalue weighted by Gasteiger charge is 2.10. The van der Waals surface area contributed by atoms with Crippen LogP contribution in [0.5, 0.6) is 0 Å². The molecule has 0 aliphatic carbocycles. The number of aromatic nitrogens is 2. The summed E-state index contributed by atoms with van der Waals surface area (Å²) in [5.41, 5.74) is 4.86. The zero-order valence-electron chi connectivity index (χ0n) is 22.0. The predicted molar refractivity (Wildman–Crippen MR) is 159 cm³/mol. The third-order valence-corrected chi connectivity index (χ3v) is 9.21. The second-order valence-corrected chi connectivity index (χ2v) is 11.9. The van der Waals surface area contributed by atoms with Gasteiger partial charge in [0.25, 0.3) is 0 Å². The van der Waals surface area contributed by atoms with E-state index in [9.17, 15) is 0 Å². The topological polar surface area (TPSA) is 25.8 Å². The molecule has 4 rings (SSSR count). The summed E-state index contributed by atoms with van der Waals surface area (Å²) in [5.74, 6) is 0. The van der Waals surface area contributed by atoms with Crippen molar-refractivity contribution in [2.24, 2.45) is 0 Å². The molecule has 0 atom stereocenters. The Morgan fingerprint density at radius 1 is 0.472 bits per heavy atom. The van der Waals surface area contributed by atoms with E-state index < -0.39 is 0 Å². The predicted octanol–water partition coefficient (Wildman–Crippen LogP) is 10.6. The Hall–Kier alpha value is -2.30. The van der Waals surface area contributed by atoms with Gasteiger partial charge in [0.05, 0.1) is 0 Å². The van der Waals surface area contributed by atoms with Crippen LogP contribution < -0.4 is 0 Å². The number of pyridine rings is 2. The van der Waals surface area contributed by atoms with Crippen LogP contribution in [0.1, 0.15) is 89.4 Å². The molecule has 4 heteroatoms. The second-order valence-electron chi connectivity index (χ2n) is 9.73. The van der Waals surface area contributed by atoms with E-state index >= 15 is 0 Å². The van der Waals surface area contributed by atoms with Crippen LogP contribution in [-0.4, -0.2) is 9.97 Å². The molecule has 4 aromatic heterocycles. The number of hydrogen-bond acceptors (Lipinski definition) is 4. The number of hydrogen-bond donors (Lipinski definition) is 0. The van der Waals surface area contributed by atoms with Crippen LogP contribution in [0.3, 0.4) is 0 Å². The summed E-state index contributed by atoms with van der Waals surface area (Å²) in [5, 5.41) is 0. The summed E-state index contributed by atoms with van der Waals surface area (Å²) >= 11 is 3.70. The van der Waals surface area contributed by atoms with Crippen LogP contribution in [0.15, 0.2) is 60.9 Å². The van der Waals surface area contributed by atoms with E-state index in [1.54, 1.807) is 0 Å². The van der Waals surface area contributed by atoms with Gasteiger partial charge < -0.3 is 0 Å². The van der Waals surface area contributed by atoms with E-state index in [0.717, 1.165) is 12.8 Å². The van der Waals surface area contributed by atoms with Crippen molar-refractivity contribution in [3.63, 3.8) is 0 Å². The minimum Gasteiger partial charge on any atom is -0.261 e. The Balaban J connectivity index is 1.32. The summed E-state index contributed by atoms with van der Waals surface area (Å²) in [6, 6.07) is 17.9. The molecular weight excluding hydrogens is 477 g/mol. The molecule has 0 saturated heterocycles. The number of aryl methyl sites for hydroxylation is 2. The van der Waals surface area contributed by atoms with E-state index in [0.29, 0.717) is 0 Å². The number of thiophene rings is 2. The first kappa shape index (κ1) is 26.8. The third-order valence-electron chi connectivity index (χ3n) is 6.75. The monoisotopic (exact) mass is 516 g/mol. The van der Waals surface area contributed by atoms with Gasteiger partial charge >= 0.3 is 0 Å². The lowest BCUT2D eigenvalue weighted by molar-refractivity contribution is 0.628. The smallest absolute Gasteiger partial charge is 0.0449 e. The quantitative estimate of drug-likeness (QED) is 0.147. The third kappa shape index (κ3) is 7.85. The molecule has 0 radical (unpaired) electrons. The van der Waals surface area contributed by atoms with E-state index in [4.69, 9.17) is 9.97 Å². The van der Waals surface area contributed by atoms with E-state index in [1.807, 2.05) is 35.1 Å². The van der Waals surface area contributed by atoms with Crippen molar-refractivity contribution in [1.82, 2.24) is 9.97 Å². The lowest BCUT2D eigenvalue weighted by Gasteiger charge is -2.03. The fraction of sp³-hybridized carbons (Fsp3) is 0.438. The van der Waals surface area contributed by atoms with Gasteiger partial charge in [0, 0.05) is 54.4 Å². The van der Waals surface area contributed by atoms with Gasteiger partial charge in [-0.2, -0.15) is 0 Å². The molecule has 190 valence electrons. The van der Waals surface area contributed by atoms with Gasteiger partial charge in [-0.05, 0) is 62.1 Å². The first-order valence-electron chi connectivity index (χ1n) is 13.9. The molecule has 2 nitrogen and oxygen atoms in total. The lowest BCUT2D eigenvalue weighted by atomic mass is 10.1. The molecule has 0 aromatic carbocycles. The average Bonchev–Trinajstić information content (AvgIpc) is 3.60. The van der Waals surface area contributed by atoms with Crippen molar-refractivity contribution in [2.45, 2.75) is 90.9 Å². The van der Waals surface area contributed by atoms with Gasteiger partial charge in [-0.15, -0.1) is 22.7 Å². The maximum atomic E-state index is 4.74. The maximum absolute atomic E-state index is 4.74. The standard InChI is InChI=1S/C32H40N2S2/c1-3-5-7-9-11-13-27-17-15-25(23-33-27)29-19-21-31(35-29)32-22-20-30(36-32)26-16-18-28(34-24-26)14-12-10-8-6-4-2/h15-24H,3-14H2,1-2H3. The Labute approximate surface area is 225 Å². The Morgan fingerprint density at radius 3 is 1.28 bits per heavy atom. The maximum Gasteiger partial charge on any atom is 0.0449 e. The van der Waals surface area contributed by atoms with Crippen molar-refractivity contribution in [3.8, 4) is 30.6 Å². The van der Waals surface area contributed by atoms with Gasteiger partial charge in [0.1, 0.15) is 0 Å². The van der Waals surface area contributed by atoms with Gasteiger partial charge in [-0.1, -0.05) is 77.3 Å². The molecule has 4 aromatic rings. The van der Waals surface area contributed by atoms with Crippen molar-refractivity contribution in [3.05, 3.63) is 72.3 Å². The molecule has 0 unspecified atom stereocenters. The Morgan fingerprint density at radius 2 is 0.889 bits per heavy atom. The van der Waals surface area contributed by atoms with Crippen molar-refractivity contribution < 1.29 is 0 Å². The van der Waals surface area contributed by atoms with Gasteiger partial charge in [0.2, 0.25) is 0 Å². The molecule has 0 bridgehead atoms. The molecule has 4 heterocycles. The van der Waals surface area contributed by atoms with Gasteiger partial charge in [-0.25, -0.2) is 0 Å². The molecular formula is C32H40N2S2.